The molecule has 1 amide bonds. The van der Waals surface area contributed by atoms with Gasteiger partial charge in [0.15, 0.2) is 5.65 Å². The number of aryl methyl sites for hydroxylation is 1. The molecule has 0 fully saturated rings. The van der Waals surface area contributed by atoms with Crippen molar-refractivity contribution in [2.75, 3.05) is 0 Å². The molecular formula is C17H15FN4O3. The molecule has 128 valence electrons. The van der Waals surface area contributed by atoms with E-state index in [2.05, 4.69) is 10.3 Å². The Labute approximate surface area is 141 Å². The van der Waals surface area contributed by atoms with Gasteiger partial charge in [0.25, 0.3) is 0 Å². The number of aromatic nitrogens is 3. The Hall–Kier alpha value is -3.29. The van der Waals surface area contributed by atoms with Crippen LogP contribution in [-0.4, -0.2) is 20.0 Å². The number of nitrogens with one attached hydrogen (secondary N) is 1. The number of hydrogen-bond donors (Lipinski definition) is 1. The van der Waals surface area contributed by atoms with Crippen LogP contribution in [0, 0.1) is 5.82 Å². The third-order valence-corrected chi connectivity index (χ3v) is 3.81. The molecular weight excluding hydrogens is 327 g/mol. The largest absolute Gasteiger partial charge is 0.350 e. The fourth-order valence-corrected chi connectivity index (χ4v) is 2.48. The standard InChI is InChI=1S/C17H15FN4O3/c1-21-15-13(3-2-8-19-15)22(17(25)16(21)24)10-14(23)20-9-11-4-6-12(18)7-5-11/h2-8H,9-10H2,1H3,(H,20,23). The van der Waals surface area contributed by atoms with E-state index < -0.39 is 17.0 Å². The molecule has 0 saturated carbocycles. The number of carbonyl (C=O) groups excluding carboxylic acids is 1. The van der Waals surface area contributed by atoms with E-state index in [0.717, 1.165) is 14.7 Å². The van der Waals surface area contributed by atoms with E-state index in [1.54, 1.807) is 24.3 Å². The quantitative estimate of drug-likeness (QED) is 0.702. The molecule has 2 aromatic heterocycles. The van der Waals surface area contributed by atoms with Crippen molar-refractivity contribution < 1.29 is 9.18 Å². The maximum absolute atomic E-state index is 12.9. The number of pyridine rings is 1. The average molecular weight is 342 g/mol. The number of carbonyl (C=O) groups is 1. The fraction of sp³-hybridized carbons (Fsp3) is 0.176. The predicted octanol–water partition coefficient (Wildman–Crippen LogP) is 0.551. The first-order chi connectivity index (χ1) is 12.0. The maximum Gasteiger partial charge on any atom is 0.317 e. The van der Waals surface area contributed by atoms with Crippen LogP contribution in [0.15, 0.2) is 52.2 Å². The minimum absolute atomic E-state index is 0.189. The van der Waals surface area contributed by atoms with E-state index in [0.29, 0.717) is 11.2 Å². The van der Waals surface area contributed by atoms with Crippen LogP contribution in [0.2, 0.25) is 0 Å². The lowest BCUT2D eigenvalue weighted by molar-refractivity contribution is -0.121. The lowest BCUT2D eigenvalue weighted by Gasteiger charge is -2.12. The number of benzene rings is 1. The highest BCUT2D eigenvalue weighted by Gasteiger charge is 2.14. The highest BCUT2D eigenvalue weighted by Crippen LogP contribution is 2.06. The molecule has 0 saturated heterocycles. The van der Waals surface area contributed by atoms with Gasteiger partial charge in [-0.2, -0.15) is 0 Å². The Bertz CT molecular complexity index is 1050. The smallest absolute Gasteiger partial charge is 0.317 e. The highest BCUT2D eigenvalue weighted by atomic mass is 19.1. The van der Waals surface area contributed by atoms with E-state index in [1.165, 1.54) is 25.4 Å². The Balaban J connectivity index is 1.85. The second-order valence-electron chi connectivity index (χ2n) is 5.50. The van der Waals surface area contributed by atoms with Gasteiger partial charge >= 0.3 is 11.1 Å². The third-order valence-electron chi connectivity index (χ3n) is 3.81. The monoisotopic (exact) mass is 342 g/mol. The van der Waals surface area contributed by atoms with Crippen LogP contribution in [0.3, 0.4) is 0 Å². The van der Waals surface area contributed by atoms with Gasteiger partial charge in [0.05, 0.1) is 5.52 Å². The van der Waals surface area contributed by atoms with E-state index in [4.69, 9.17) is 0 Å². The van der Waals surface area contributed by atoms with E-state index >= 15 is 0 Å². The van der Waals surface area contributed by atoms with Crippen molar-refractivity contribution in [1.29, 1.82) is 0 Å². The number of nitrogens with zero attached hydrogens (tertiary/aromatic N) is 3. The molecule has 2 heterocycles. The number of fused-ring (bicyclic) bond motifs is 1. The SMILES string of the molecule is Cn1c(=O)c(=O)n(CC(=O)NCc2ccc(F)cc2)c2cccnc21. The summed E-state index contributed by atoms with van der Waals surface area (Å²) < 4.78 is 15.1. The number of rotatable bonds is 4. The van der Waals surface area contributed by atoms with Crippen LogP contribution < -0.4 is 16.4 Å². The van der Waals surface area contributed by atoms with Crippen LogP contribution >= 0.6 is 0 Å². The van der Waals surface area contributed by atoms with Gasteiger partial charge in [-0.3, -0.25) is 23.5 Å². The summed E-state index contributed by atoms with van der Waals surface area (Å²) in [7, 11) is 1.46. The lowest BCUT2D eigenvalue weighted by atomic mass is 10.2. The minimum Gasteiger partial charge on any atom is -0.350 e. The van der Waals surface area contributed by atoms with E-state index in [-0.39, 0.29) is 18.9 Å². The second kappa shape index (κ2) is 6.68. The average Bonchev–Trinajstić information content (AvgIpc) is 2.63. The highest BCUT2D eigenvalue weighted by molar-refractivity contribution is 5.78. The van der Waals surface area contributed by atoms with E-state index in [9.17, 15) is 18.8 Å². The summed E-state index contributed by atoms with van der Waals surface area (Å²) in [6.07, 6.45) is 1.51. The molecule has 0 aliphatic heterocycles. The zero-order valence-electron chi connectivity index (χ0n) is 13.4. The molecule has 0 bridgehead atoms. The summed E-state index contributed by atoms with van der Waals surface area (Å²) in [5.74, 6) is -0.800. The first kappa shape index (κ1) is 16.6. The van der Waals surface area contributed by atoms with Crippen LogP contribution in [0.1, 0.15) is 5.56 Å². The molecule has 1 aromatic carbocycles. The topological polar surface area (TPSA) is 86.0 Å². The molecule has 8 heteroatoms. The molecule has 0 radical (unpaired) electrons. The minimum atomic E-state index is -0.792. The van der Waals surface area contributed by atoms with Gasteiger partial charge in [0.2, 0.25) is 5.91 Å². The normalized spacial score (nSPS) is 10.8. The van der Waals surface area contributed by atoms with Crippen LogP contribution in [0.4, 0.5) is 4.39 Å². The Morgan fingerprint density at radius 1 is 1.16 bits per heavy atom. The van der Waals surface area contributed by atoms with Gasteiger partial charge in [0, 0.05) is 19.8 Å². The van der Waals surface area contributed by atoms with Crippen LogP contribution in [0.25, 0.3) is 11.2 Å². The van der Waals surface area contributed by atoms with Gasteiger partial charge < -0.3 is 5.32 Å². The van der Waals surface area contributed by atoms with Crippen molar-refractivity contribution >= 4 is 17.1 Å². The van der Waals surface area contributed by atoms with Crippen molar-refractivity contribution in [3.8, 4) is 0 Å². The van der Waals surface area contributed by atoms with Gasteiger partial charge in [-0.25, -0.2) is 9.37 Å². The van der Waals surface area contributed by atoms with E-state index in [1.807, 2.05) is 0 Å². The molecule has 0 unspecified atom stereocenters. The zero-order chi connectivity index (χ0) is 18.0. The predicted molar refractivity (Wildman–Crippen MR) is 89.5 cm³/mol. The number of hydrogen-bond acceptors (Lipinski definition) is 4. The Kier molecular flexibility index (Phi) is 4.42. The Morgan fingerprint density at radius 3 is 2.60 bits per heavy atom. The number of amides is 1. The summed E-state index contributed by atoms with van der Waals surface area (Å²) in [6.45, 7) is -0.118. The molecule has 7 nitrogen and oxygen atoms in total. The van der Waals surface area contributed by atoms with Gasteiger partial charge in [-0.05, 0) is 29.8 Å². The number of halogens is 1. The molecule has 0 aliphatic rings. The molecule has 3 rings (SSSR count). The van der Waals surface area contributed by atoms with Crippen molar-refractivity contribution in [2.45, 2.75) is 13.1 Å². The third kappa shape index (κ3) is 3.32. The zero-order valence-corrected chi connectivity index (χ0v) is 13.4. The lowest BCUT2D eigenvalue weighted by Crippen LogP contribution is -2.43. The van der Waals surface area contributed by atoms with Crippen LogP contribution in [0.5, 0.6) is 0 Å². The summed E-state index contributed by atoms with van der Waals surface area (Å²) in [6, 6.07) is 8.95. The van der Waals surface area contributed by atoms with Crippen LogP contribution in [-0.2, 0) is 24.9 Å². The van der Waals surface area contributed by atoms with Crippen molar-refractivity contribution in [1.82, 2.24) is 19.4 Å². The maximum atomic E-state index is 12.9. The molecule has 0 aliphatic carbocycles. The second-order valence-corrected chi connectivity index (χ2v) is 5.50. The molecule has 3 aromatic rings. The summed E-state index contributed by atoms with van der Waals surface area (Å²) in [5.41, 5.74) is -0.111. The summed E-state index contributed by atoms with van der Waals surface area (Å²) in [5, 5.41) is 2.64. The van der Waals surface area contributed by atoms with Crippen molar-refractivity contribution in [3.05, 3.63) is 74.7 Å². The van der Waals surface area contributed by atoms with Gasteiger partial charge in [0.1, 0.15) is 12.4 Å². The molecule has 1 N–H and O–H groups in total. The fourth-order valence-electron chi connectivity index (χ4n) is 2.48. The Morgan fingerprint density at radius 2 is 1.88 bits per heavy atom. The van der Waals surface area contributed by atoms with Gasteiger partial charge in [-0.15, -0.1) is 0 Å². The molecule has 0 spiro atoms. The molecule has 0 atom stereocenters. The van der Waals surface area contributed by atoms with Gasteiger partial charge in [-0.1, -0.05) is 12.1 Å². The van der Waals surface area contributed by atoms with Crippen molar-refractivity contribution in [3.63, 3.8) is 0 Å². The summed E-state index contributed by atoms with van der Waals surface area (Å²) in [4.78, 5) is 40.5. The molecule has 25 heavy (non-hydrogen) atoms. The first-order valence-corrected chi connectivity index (χ1v) is 7.53. The van der Waals surface area contributed by atoms with Crippen molar-refractivity contribution in [2.24, 2.45) is 7.05 Å². The first-order valence-electron chi connectivity index (χ1n) is 7.53. The summed E-state index contributed by atoms with van der Waals surface area (Å²) >= 11 is 0.